The number of nitrogens with one attached hydrogen (secondary N) is 1. The van der Waals surface area contributed by atoms with Crippen molar-refractivity contribution >= 4 is 0 Å². The molecule has 0 aromatic carbocycles. The van der Waals surface area contributed by atoms with E-state index in [-0.39, 0.29) is 0 Å². The molecule has 0 bridgehead atoms. The first-order valence-electron chi connectivity index (χ1n) is 5.98. The molecule has 16 heavy (non-hydrogen) atoms. The standard InChI is InChI=1S/C12H23N3O/c1-4-15-8-7-14-12(15)10-11(13-2)6-5-9-16-3/h7-8,11,13H,4-6,9-10H2,1-3H3. The van der Waals surface area contributed by atoms with Crippen molar-refractivity contribution in [2.45, 2.75) is 38.8 Å². The van der Waals surface area contributed by atoms with Gasteiger partial charge in [-0.1, -0.05) is 0 Å². The lowest BCUT2D eigenvalue weighted by Crippen LogP contribution is -2.29. The first-order valence-corrected chi connectivity index (χ1v) is 5.98. The number of rotatable bonds is 8. The third-order valence-electron chi connectivity index (χ3n) is 2.88. The topological polar surface area (TPSA) is 39.1 Å². The first kappa shape index (κ1) is 13.2. The molecule has 92 valence electrons. The summed E-state index contributed by atoms with van der Waals surface area (Å²) in [4.78, 5) is 4.39. The van der Waals surface area contributed by atoms with Gasteiger partial charge in [0.05, 0.1) is 0 Å². The van der Waals surface area contributed by atoms with Crippen molar-refractivity contribution in [3.8, 4) is 0 Å². The van der Waals surface area contributed by atoms with Crippen molar-refractivity contribution in [1.29, 1.82) is 0 Å². The van der Waals surface area contributed by atoms with E-state index in [9.17, 15) is 0 Å². The molecule has 0 saturated carbocycles. The molecule has 0 aliphatic heterocycles. The normalized spacial score (nSPS) is 12.9. The molecule has 0 radical (unpaired) electrons. The number of methoxy groups -OCH3 is 1. The number of imidazole rings is 1. The van der Waals surface area contributed by atoms with Crippen LogP contribution in [0.15, 0.2) is 12.4 Å². The molecule has 1 atom stereocenters. The molecule has 0 aliphatic carbocycles. The molecule has 0 amide bonds. The minimum absolute atomic E-state index is 0.489. The highest BCUT2D eigenvalue weighted by atomic mass is 16.5. The smallest absolute Gasteiger partial charge is 0.110 e. The van der Waals surface area contributed by atoms with Gasteiger partial charge < -0.3 is 14.6 Å². The van der Waals surface area contributed by atoms with Gasteiger partial charge in [-0.2, -0.15) is 0 Å². The molecular weight excluding hydrogens is 202 g/mol. The van der Waals surface area contributed by atoms with Crippen LogP contribution < -0.4 is 5.32 Å². The number of hydrogen-bond acceptors (Lipinski definition) is 3. The zero-order valence-electron chi connectivity index (χ0n) is 10.6. The Hall–Kier alpha value is -0.870. The average molecular weight is 225 g/mol. The van der Waals surface area contributed by atoms with Crippen molar-refractivity contribution in [2.75, 3.05) is 20.8 Å². The third-order valence-corrected chi connectivity index (χ3v) is 2.88. The number of likely N-dealkylation sites (N-methyl/N-ethyl adjacent to an activating group) is 1. The van der Waals surface area contributed by atoms with Crippen LogP contribution in [-0.2, 0) is 17.7 Å². The van der Waals surface area contributed by atoms with Gasteiger partial charge in [0.2, 0.25) is 0 Å². The Labute approximate surface area is 98.0 Å². The van der Waals surface area contributed by atoms with Crippen LogP contribution in [0, 0.1) is 0 Å². The lowest BCUT2D eigenvalue weighted by molar-refractivity contribution is 0.189. The highest BCUT2D eigenvalue weighted by Gasteiger charge is 2.10. The summed E-state index contributed by atoms with van der Waals surface area (Å²) in [5.41, 5.74) is 0. The fraction of sp³-hybridized carbons (Fsp3) is 0.750. The fourth-order valence-electron chi connectivity index (χ4n) is 1.86. The van der Waals surface area contributed by atoms with E-state index in [2.05, 4.69) is 21.8 Å². The van der Waals surface area contributed by atoms with Crippen molar-refractivity contribution < 1.29 is 4.74 Å². The van der Waals surface area contributed by atoms with Gasteiger partial charge in [0, 0.05) is 45.1 Å². The van der Waals surface area contributed by atoms with Crippen molar-refractivity contribution in [1.82, 2.24) is 14.9 Å². The Morgan fingerprint density at radius 2 is 2.38 bits per heavy atom. The van der Waals surface area contributed by atoms with E-state index in [1.807, 2.05) is 19.4 Å². The van der Waals surface area contributed by atoms with E-state index in [0.717, 1.165) is 32.4 Å². The molecule has 4 heteroatoms. The average Bonchev–Trinajstić information content (AvgIpc) is 2.75. The van der Waals surface area contributed by atoms with Crippen LogP contribution in [0.1, 0.15) is 25.6 Å². The second kappa shape index (κ2) is 7.41. The summed E-state index contributed by atoms with van der Waals surface area (Å²) < 4.78 is 7.26. The monoisotopic (exact) mass is 225 g/mol. The molecule has 1 aromatic rings. The predicted molar refractivity (Wildman–Crippen MR) is 65.6 cm³/mol. The van der Waals surface area contributed by atoms with Gasteiger partial charge in [-0.05, 0) is 26.8 Å². The van der Waals surface area contributed by atoms with Crippen molar-refractivity contribution in [2.24, 2.45) is 0 Å². The molecule has 1 N–H and O–H groups in total. The van der Waals surface area contributed by atoms with E-state index < -0.39 is 0 Å². The second-order valence-electron chi connectivity index (χ2n) is 3.95. The van der Waals surface area contributed by atoms with Crippen molar-refractivity contribution in [3.63, 3.8) is 0 Å². The Balaban J connectivity index is 2.43. The van der Waals surface area contributed by atoms with Crippen molar-refractivity contribution in [3.05, 3.63) is 18.2 Å². The van der Waals surface area contributed by atoms with Crippen LogP contribution in [0.5, 0.6) is 0 Å². The maximum Gasteiger partial charge on any atom is 0.110 e. The molecular formula is C12H23N3O. The highest BCUT2D eigenvalue weighted by molar-refractivity contribution is 4.95. The van der Waals surface area contributed by atoms with E-state index in [1.54, 1.807) is 7.11 Å². The number of aryl methyl sites for hydroxylation is 1. The van der Waals surface area contributed by atoms with Crippen LogP contribution in [0.3, 0.4) is 0 Å². The Morgan fingerprint density at radius 3 is 3.00 bits per heavy atom. The van der Waals surface area contributed by atoms with Gasteiger partial charge >= 0.3 is 0 Å². The molecule has 0 fully saturated rings. The summed E-state index contributed by atoms with van der Waals surface area (Å²) in [6.45, 7) is 3.97. The summed E-state index contributed by atoms with van der Waals surface area (Å²) in [5, 5.41) is 3.34. The maximum absolute atomic E-state index is 5.07. The van der Waals surface area contributed by atoms with Gasteiger partial charge in [0.15, 0.2) is 0 Å². The summed E-state index contributed by atoms with van der Waals surface area (Å²) in [5.74, 6) is 1.17. The molecule has 1 aromatic heterocycles. The molecule has 0 spiro atoms. The summed E-state index contributed by atoms with van der Waals surface area (Å²) in [7, 11) is 3.76. The number of hydrogen-bond donors (Lipinski definition) is 1. The minimum atomic E-state index is 0.489. The second-order valence-corrected chi connectivity index (χ2v) is 3.95. The summed E-state index contributed by atoms with van der Waals surface area (Å²) in [6.07, 6.45) is 7.12. The maximum atomic E-state index is 5.07. The van der Waals surface area contributed by atoms with Crippen LogP contribution in [0.25, 0.3) is 0 Å². The van der Waals surface area contributed by atoms with E-state index in [1.165, 1.54) is 5.82 Å². The van der Waals surface area contributed by atoms with Crippen LogP contribution in [0.4, 0.5) is 0 Å². The van der Waals surface area contributed by atoms with Crippen LogP contribution >= 0.6 is 0 Å². The third kappa shape index (κ3) is 3.94. The summed E-state index contributed by atoms with van der Waals surface area (Å²) >= 11 is 0. The molecule has 1 heterocycles. The fourth-order valence-corrected chi connectivity index (χ4v) is 1.86. The van der Waals surface area contributed by atoms with Gasteiger partial charge in [-0.15, -0.1) is 0 Å². The molecule has 0 aliphatic rings. The quantitative estimate of drug-likeness (QED) is 0.681. The van der Waals surface area contributed by atoms with Gasteiger partial charge in [0.1, 0.15) is 5.82 Å². The van der Waals surface area contributed by atoms with Gasteiger partial charge in [-0.25, -0.2) is 4.98 Å². The van der Waals surface area contributed by atoms with Gasteiger partial charge in [-0.3, -0.25) is 0 Å². The Morgan fingerprint density at radius 1 is 1.56 bits per heavy atom. The molecule has 1 rings (SSSR count). The number of aromatic nitrogens is 2. The lowest BCUT2D eigenvalue weighted by Gasteiger charge is -2.16. The van der Waals surface area contributed by atoms with Crippen LogP contribution in [-0.4, -0.2) is 36.4 Å². The number of ether oxygens (including phenoxy) is 1. The Kier molecular flexibility index (Phi) is 6.11. The van der Waals surface area contributed by atoms with Crippen LogP contribution in [0.2, 0.25) is 0 Å². The minimum Gasteiger partial charge on any atom is -0.385 e. The molecule has 4 nitrogen and oxygen atoms in total. The predicted octanol–water partition coefficient (Wildman–Crippen LogP) is 1.46. The molecule has 1 unspecified atom stereocenters. The summed E-state index contributed by atoms with van der Waals surface area (Å²) in [6, 6.07) is 0.489. The van der Waals surface area contributed by atoms with Gasteiger partial charge in [0.25, 0.3) is 0 Å². The van der Waals surface area contributed by atoms with E-state index in [0.29, 0.717) is 6.04 Å². The first-order chi connectivity index (χ1) is 7.81. The van der Waals surface area contributed by atoms with E-state index >= 15 is 0 Å². The Bertz CT molecular complexity index is 286. The molecule has 0 saturated heterocycles. The number of nitrogens with zero attached hydrogens (tertiary/aromatic N) is 2. The largest absolute Gasteiger partial charge is 0.385 e. The lowest BCUT2D eigenvalue weighted by atomic mass is 10.1. The van der Waals surface area contributed by atoms with E-state index in [4.69, 9.17) is 4.74 Å². The zero-order valence-corrected chi connectivity index (χ0v) is 10.6. The zero-order chi connectivity index (χ0) is 11.8. The highest BCUT2D eigenvalue weighted by Crippen LogP contribution is 2.06. The SMILES string of the molecule is CCn1ccnc1CC(CCCOC)NC.